The van der Waals surface area contributed by atoms with Crippen LogP contribution in [0.25, 0.3) is 21.9 Å². The molecule has 0 saturated heterocycles. The highest BCUT2D eigenvalue weighted by Gasteiger charge is 2.30. The maximum atomic E-state index is 13.9. The Bertz CT molecular complexity index is 1320. The van der Waals surface area contributed by atoms with E-state index in [0.29, 0.717) is 11.8 Å². The summed E-state index contributed by atoms with van der Waals surface area (Å²) in [5, 5.41) is 0.928. The molecule has 1 aromatic carbocycles. The monoisotopic (exact) mass is 431 g/mol. The van der Waals surface area contributed by atoms with Gasteiger partial charge in [0.2, 0.25) is 0 Å². The first kappa shape index (κ1) is 20.5. The molecule has 0 radical (unpaired) electrons. The molecule has 1 unspecified atom stereocenters. The highest BCUT2D eigenvalue weighted by atomic mass is 19.1. The van der Waals surface area contributed by atoms with E-state index in [1.807, 2.05) is 19.3 Å². The van der Waals surface area contributed by atoms with E-state index < -0.39 is 5.91 Å². The van der Waals surface area contributed by atoms with Crippen molar-refractivity contribution in [1.82, 2.24) is 19.5 Å². The van der Waals surface area contributed by atoms with E-state index >= 15 is 0 Å². The molecule has 1 aliphatic rings. The zero-order valence-electron chi connectivity index (χ0n) is 18.3. The minimum absolute atomic E-state index is 0.218. The van der Waals surface area contributed by atoms with E-state index in [-0.39, 0.29) is 17.4 Å². The number of aryl methyl sites for hydroxylation is 1. The van der Waals surface area contributed by atoms with Crippen molar-refractivity contribution in [3.8, 4) is 0 Å². The second-order valence-electron chi connectivity index (χ2n) is 8.91. The Labute approximate surface area is 185 Å². The van der Waals surface area contributed by atoms with E-state index in [1.165, 1.54) is 11.6 Å². The van der Waals surface area contributed by atoms with Crippen LogP contribution in [0.1, 0.15) is 66.3 Å². The smallest absolute Gasteiger partial charge is 0.267 e. The van der Waals surface area contributed by atoms with Crippen molar-refractivity contribution in [2.24, 2.45) is 18.7 Å². The molecule has 3 heterocycles. The van der Waals surface area contributed by atoms with Crippen molar-refractivity contribution >= 4 is 27.8 Å². The summed E-state index contributed by atoms with van der Waals surface area (Å²) in [5.41, 5.74) is 9.34. The Morgan fingerprint density at radius 2 is 1.91 bits per heavy atom. The van der Waals surface area contributed by atoms with Crippen LogP contribution in [0.5, 0.6) is 0 Å². The van der Waals surface area contributed by atoms with Gasteiger partial charge in [0.05, 0.1) is 17.2 Å². The van der Waals surface area contributed by atoms with Crippen molar-refractivity contribution in [3.05, 3.63) is 65.6 Å². The molecule has 0 aliphatic heterocycles. The second kappa shape index (κ2) is 7.97. The van der Waals surface area contributed by atoms with Crippen molar-refractivity contribution in [2.45, 2.75) is 44.4 Å². The molecule has 0 spiro atoms. The fraction of sp³-hybridized carbons (Fsp3) is 0.360. The number of hydrogen-bond acceptors (Lipinski definition) is 4. The molecule has 2 N–H and O–H groups in total. The summed E-state index contributed by atoms with van der Waals surface area (Å²) in [7, 11) is 1.98. The normalized spacial score (nSPS) is 20.0. The van der Waals surface area contributed by atoms with Crippen LogP contribution in [0.4, 0.5) is 4.39 Å². The number of aromatic nitrogens is 4. The highest BCUT2D eigenvalue weighted by Crippen LogP contribution is 2.43. The molecule has 1 aliphatic carbocycles. The van der Waals surface area contributed by atoms with Gasteiger partial charge in [0.1, 0.15) is 22.9 Å². The summed E-state index contributed by atoms with van der Waals surface area (Å²) < 4.78 is 15.9. The van der Waals surface area contributed by atoms with E-state index in [9.17, 15) is 9.18 Å². The summed E-state index contributed by atoms with van der Waals surface area (Å²) >= 11 is 0. The molecule has 1 amide bonds. The summed E-state index contributed by atoms with van der Waals surface area (Å²) in [6.45, 7) is 2.23. The SMILES string of the molecule is CC(c1nc2cnc(C(N)=O)cc2n1C)C1CCC(c2ccnc3ccc(F)cc23)CC1. The van der Waals surface area contributed by atoms with Crippen LogP contribution in [-0.2, 0) is 7.05 Å². The zero-order valence-corrected chi connectivity index (χ0v) is 18.3. The van der Waals surface area contributed by atoms with Crippen molar-refractivity contribution in [1.29, 1.82) is 0 Å². The number of rotatable bonds is 4. The molecular formula is C25H26FN5O. The molecule has 6 nitrogen and oxygen atoms in total. The maximum Gasteiger partial charge on any atom is 0.267 e. The minimum atomic E-state index is -0.537. The van der Waals surface area contributed by atoms with Gasteiger partial charge < -0.3 is 10.3 Å². The topological polar surface area (TPSA) is 86.7 Å². The molecular weight excluding hydrogens is 405 g/mol. The fourth-order valence-corrected chi connectivity index (χ4v) is 5.29. The van der Waals surface area contributed by atoms with Gasteiger partial charge in [0, 0.05) is 24.5 Å². The fourth-order valence-electron chi connectivity index (χ4n) is 5.29. The number of amides is 1. The van der Waals surface area contributed by atoms with Crippen molar-refractivity contribution in [3.63, 3.8) is 0 Å². The van der Waals surface area contributed by atoms with Crippen LogP contribution < -0.4 is 5.73 Å². The molecule has 1 saturated carbocycles. The highest BCUT2D eigenvalue weighted by molar-refractivity contribution is 5.94. The Kier molecular flexibility index (Phi) is 5.12. The minimum Gasteiger partial charge on any atom is -0.364 e. The van der Waals surface area contributed by atoms with Gasteiger partial charge in [-0.1, -0.05) is 6.92 Å². The summed E-state index contributed by atoms with van der Waals surface area (Å²) in [6.07, 6.45) is 7.73. The zero-order chi connectivity index (χ0) is 22.4. The molecule has 4 aromatic rings. The first-order valence-corrected chi connectivity index (χ1v) is 11.1. The Hall–Kier alpha value is -3.35. The maximum absolute atomic E-state index is 13.9. The molecule has 3 aromatic heterocycles. The average molecular weight is 432 g/mol. The van der Waals surface area contributed by atoms with E-state index in [4.69, 9.17) is 10.7 Å². The quantitative estimate of drug-likeness (QED) is 0.501. The van der Waals surface area contributed by atoms with Gasteiger partial charge in [0.15, 0.2) is 0 Å². The molecule has 7 heteroatoms. The number of pyridine rings is 2. The Morgan fingerprint density at radius 3 is 2.66 bits per heavy atom. The predicted molar refractivity (Wildman–Crippen MR) is 122 cm³/mol. The van der Waals surface area contributed by atoms with Gasteiger partial charge in [-0.05, 0) is 73.4 Å². The summed E-state index contributed by atoms with van der Waals surface area (Å²) in [6, 6.07) is 8.60. The average Bonchev–Trinajstić information content (AvgIpc) is 3.14. The largest absolute Gasteiger partial charge is 0.364 e. The van der Waals surface area contributed by atoms with Crippen LogP contribution in [-0.4, -0.2) is 25.4 Å². The van der Waals surface area contributed by atoms with Gasteiger partial charge in [-0.2, -0.15) is 0 Å². The number of fused-ring (bicyclic) bond motifs is 2. The van der Waals surface area contributed by atoms with Gasteiger partial charge in [-0.15, -0.1) is 0 Å². The number of halogens is 1. The van der Waals surface area contributed by atoms with Crippen LogP contribution in [0.3, 0.4) is 0 Å². The molecule has 1 fully saturated rings. The first-order valence-electron chi connectivity index (χ1n) is 11.1. The third kappa shape index (κ3) is 3.51. The molecule has 1 atom stereocenters. The number of nitrogens with zero attached hydrogens (tertiary/aromatic N) is 4. The predicted octanol–water partition coefficient (Wildman–Crippen LogP) is 4.83. The van der Waals surface area contributed by atoms with Crippen LogP contribution in [0.15, 0.2) is 42.7 Å². The number of nitrogens with two attached hydrogens (primary N) is 1. The lowest BCUT2D eigenvalue weighted by Gasteiger charge is -2.32. The van der Waals surface area contributed by atoms with E-state index in [0.717, 1.165) is 53.4 Å². The van der Waals surface area contributed by atoms with E-state index in [2.05, 4.69) is 21.5 Å². The van der Waals surface area contributed by atoms with Gasteiger partial charge >= 0.3 is 0 Å². The third-order valence-electron chi connectivity index (χ3n) is 7.12. The van der Waals surface area contributed by atoms with Gasteiger partial charge in [0.25, 0.3) is 5.91 Å². The lowest BCUT2D eigenvalue weighted by molar-refractivity contribution is 0.0995. The van der Waals surface area contributed by atoms with Crippen molar-refractivity contribution < 1.29 is 9.18 Å². The van der Waals surface area contributed by atoms with Crippen LogP contribution in [0.2, 0.25) is 0 Å². The molecule has 164 valence electrons. The third-order valence-corrected chi connectivity index (χ3v) is 7.12. The van der Waals surface area contributed by atoms with Gasteiger partial charge in [-0.3, -0.25) is 9.78 Å². The Morgan fingerprint density at radius 1 is 1.12 bits per heavy atom. The first-order chi connectivity index (χ1) is 15.4. The number of hydrogen-bond donors (Lipinski definition) is 1. The number of benzene rings is 1. The number of primary amides is 1. The lowest BCUT2D eigenvalue weighted by Crippen LogP contribution is -2.20. The molecule has 5 rings (SSSR count). The van der Waals surface area contributed by atoms with E-state index in [1.54, 1.807) is 24.4 Å². The van der Waals surface area contributed by atoms with Crippen molar-refractivity contribution in [2.75, 3.05) is 0 Å². The number of imidazole rings is 1. The van der Waals surface area contributed by atoms with Gasteiger partial charge in [-0.25, -0.2) is 14.4 Å². The summed E-state index contributed by atoms with van der Waals surface area (Å²) in [4.78, 5) is 24.8. The standard InChI is InChI=1S/C25H26FN5O/c1-14(25-30-22-13-29-21(24(27)32)12-23(22)31(25)2)15-3-5-16(6-4-15)18-9-10-28-20-8-7-17(26)11-19(18)20/h7-16H,3-6H2,1-2H3,(H2,27,32). The molecule has 0 bridgehead atoms. The summed E-state index contributed by atoms with van der Waals surface area (Å²) in [5.74, 6) is 1.44. The molecule has 32 heavy (non-hydrogen) atoms. The lowest BCUT2D eigenvalue weighted by atomic mass is 9.73. The van der Waals surface area contributed by atoms with Crippen LogP contribution in [0, 0.1) is 11.7 Å². The number of carbonyl (C=O) groups excluding carboxylic acids is 1. The second-order valence-corrected chi connectivity index (χ2v) is 8.91. The Balaban J connectivity index is 1.36. The van der Waals surface area contributed by atoms with Crippen LogP contribution >= 0.6 is 0 Å². The number of carbonyl (C=O) groups is 1.